The van der Waals surface area contributed by atoms with Crippen molar-refractivity contribution in [2.24, 2.45) is 5.73 Å². The summed E-state index contributed by atoms with van der Waals surface area (Å²) in [5.74, 6) is 0.794. The van der Waals surface area contributed by atoms with E-state index in [9.17, 15) is 9.59 Å². The Hall–Kier alpha value is -4.06. The lowest BCUT2D eigenvalue weighted by molar-refractivity contribution is -0.119. The van der Waals surface area contributed by atoms with E-state index in [4.69, 9.17) is 19.6 Å². The van der Waals surface area contributed by atoms with Crippen LogP contribution in [-0.2, 0) is 4.79 Å². The number of fused-ring (bicyclic) bond motifs is 1. The highest BCUT2D eigenvalue weighted by Gasteiger charge is 2.15. The molecule has 0 spiro atoms. The molecule has 150 valence electrons. The van der Waals surface area contributed by atoms with Crippen molar-refractivity contribution < 1.29 is 18.7 Å². The predicted molar refractivity (Wildman–Crippen MR) is 114 cm³/mol. The summed E-state index contributed by atoms with van der Waals surface area (Å²) in [6, 6.07) is 22.2. The molecule has 4 aromatic rings. The lowest BCUT2D eigenvalue weighted by atomic mass is 10.1. The zero-order valence-electron chi connectivity index (χ0n) is 16.3. The summed E-state index contributed by atoms with van der Waals surface area (Å²) in [7, 11) is 0. The van der Waals surface area contributed by atoms with Crippen molar-refractivity contribution in [1.82, 2.24) is 0 Å². The third kappa shape index (κ3) is 4.03. The van der Waals surface area contributed by atoms with Gasteiger partial charge in [-0.1, -0.05) is 42.5 Å². The first-order chi connectivity index (χ1) is 14.5. The number of hydrogen-bond acceptors (Lipinski definition) is 5. The number of rotatable bonds is 6. The average Bonchev–Trinajstić information content (AvgIpc) is 2.76. The maximum atomic E-state index is 12.9. The quantitative estimate of drug-likeness (QED) is 0.516. The molecule has 0 aliphatic carbocycles. The number of aryl methyl sites for hydroxylation is 1. The largest absolute Gasteiger partial charge is 0.484 e. The van der Waals surface area contributed by atoms with Gasteiger partial charge in [-0.15, -0.1) is 0 Å². The molecule has 0 fully saturated rings. The molecule has 3 aromatic carbocycles. The van der Waals surface area contributed by atoms with Crippen LogP contribution in [0, 0.1) is 6.92 Å². The van der Waals surface area contributed by atoms with Crippen LogP contribution < -0.4 is 20.6 Å². The van der Waals surface area contributed by atoms with Crippen LogP contribution >= 0.6 is 0 Å². The van der Waals surface area contributed by atoms with E-state index in [2.05, 4.69) is 0 Å². The summed E-state index contributed by atoms with van der Waals surface area (Å²) in [5.41, 5.74) is 7.28. The molecule has 0 saturated heterocycles. The van der Waals surface area contributed by atoms with Crippen molar-refractivity contribution in [2.45, 2.75) is 6.92 Å². The number of carbonyl (C=O) groups is 1. The topological polar surface area (TPSA) is 91.8 Å². The predicted octanol–water partition coefficient (Wildman–Crippen LogP) is 4.42. The van der Waals surface area contributed by atoms with Gasteiger partial charge in [-0.05, 0) is 42.3 Å². The minimum Gasteiger partial charge on any atom is -0.484 e. The van der Waals surface area contributed by atoms with Crippen molar-refractivity contribution in [3.05, 3.63) is 88.8 Å². The Morgan fingerprint density at radius 2 is 1.60 bits per heavy atom. The molecule has 0 atom stereocenters. The fraction of sp³-hybridized carbons (Fsp3) is 0.0833. The minimum atomic E-state index is -0.588. The second kappa shape index (κ2) is 8.13. The highest BCUT2D eigenvalue weighted by Crippen LogP contribution is 2.29. The molecule has 0 aliphatic rings. The molecule has 4 rings (SSSR count). The Kier molecular flexibility index (Phi) is 5.22. The highest BCUT2D eigenvalue weighted by molar-refractivity contribution is 5.80. The van der Waals surface area contributed by atoms with Gasteiger partial charge in [-0.25, -0.2) is 0 Å². The lowest BCUT2D eigenvalue weighted by Gasteiger charge is -2.10. The third-order valence-corrected chi connectivity index (χ3v) is 4.55. The molecule has 0 unspecified atom stereocenters. The van der Waals surface area contributed by atoms with Crippen molar-refractivity contribution in [1.29, 1.82) is 0 Å². The van der Waals surface area contributed by atoms with E-state index in [1.807, 2.05) is 54.6 Å². The number of ether oxygens (including phenoxy) is 2. The first-order valence-electron chi connectivity index (χ1n) is 9.33. The lowest BCUT2D eigenvalue weighted by Crippen LogP contribution is -2.20. The first kappa shape index (κ1) is 19.3. The van der Waals surface area contributed by atoms with E-state index < -0.39 is 5.91 Å². The fourth-order valence-electron chi connectivity index (χ4n) is 3.09. The smallest absolute Gasteiger partial charge is 0.255 e. The number of benzene rings is 3. The summed E-state index contributed by atoms with van der Waals surface area (Å²) < 4.78 is 16.9. The number of hydrogen-bond donors (Lipinski definition) is 1. The zero-order valence-corrected chi connectivity index (χ0v) is 16.3. The summed E-state index contributed by atoms with van der Waals surface area (Å²) in [6.45, 7) is 1.40. The second-order valence-corrected chi connectivity index (χ2v) is 6.72. The summed E-state index contributed by atoms with van der Waals surface area (Å²) in [5, 5.41) is 0.350. The number of amides is 1. The van der Waals surface area contributed by atoms with Gasteiger partial charge < -0.3 is 19.6 Å². The molecule has 0 aliphatic heterocycles. The summed E-state index contributed by atoms with van der Waals surface area (Å²) >= 11 is 0. The first-order valence-corrected chi connectivity index (χ1v) is 9.33. The van der Waals surface area contributed by atoms with E-state index in [1.165, 1.54) is 0 Å². The van der Waals surface area contributed by atoms with E-state index in [0.717, 1.165) is 11.1 Å². The molecule has 0 radical (unpaired) electrons. The zero-order chi connectivity index (χ0) is 21.1. The van der Waals surface area contributed by atoms with Gasteiger partial charge in [0, 0.05) is 6.07 Å². The van der Waals surface area contributed by atoms with E-state index in [-0.39, 0.29) is 17.8 Å². The minimum absolute atomic E-state index is 0.126. The molecular weight excluding hydrogens is 382 g/mol. The third-order valence-electron chi connectivity index (χ3n) is 4.55. The van der Waals surface area contributed by atoms with Crippen LogP contribution in [0.2, 0.25) is 0 Å². The van der Waals surface area contributed by atoms with E-state index in [1.54, 1.807) is 25.1 Å². The van der Waals surface area contributed by atoms with Gasteiger partial charge >= 0.3 is 0 Å². The van der Waals surface area contributed by atoms with Gasteiger partial charge in [0.15, 0.2) is 6.61 Å². The van der Waals surface area contributed by atoms with E-state index >= 15 is 0 Å². The van der Waals surface area contributed by atoms with Gasteiger partial charge in [0.25, 0.3) is 5.91 Å². The normalized spacial score (nSPS) is 10.7. The number of carbonyl (C=O) groups excluding carboxylic acids is 1. The van der Waals surface area contributed by atoms with Crippen LogP contribution in [-0.4, -0.2) is 12.5 Å². The standard InChI is InChI=1S/C24H19NO5/c1-15-24(30-18-9-7-17(8-10-18)16-5-3-2-4-6-16)23(27)20-12-11-19(13-21(20)29-15)28-14-22(25)26/h2-13H,14H2,1H3,(H2,25,26). The van der Waals surface area contributed by atoms with Crippen LogP contribution in [0.25, 0.3) is 22.1 Å². The second-order valence-electron chi connectivity index (χ2n) is 6.72. The van der Waals surface area contributed by atoms with E-state index in [0.29, 0.717) is 28.2 Å². The Balaban J connectivity index is 1.62. The maximum Gasteiger partial charge on any atom is 0.255 e. The SMILES string of the molecule is Cc1oc2cc(OCC(N)=O)ccc2c(=O)c1Oc1ccc(-c2ccccc2)cc1. The van der Waals surface area contributed by atoms with Crippen molar-refractivity contribution in [3.8, 4) is 28.4 Å². The van der Waals surface area contributed by atoms with Crippen LogP contribution in [0.4, 0.5) is 0 Å². The Morgan fingerprint density at radius 3 is 2.30 bits per heavy atom. The molecule has 0 saturated carbocycles. The monoisotopic (exact) mass is 401 g/mol. The molecule has 1 aromatic heterocycles. The maximum absolute atomic E-state index is 12.9. The fourth-order valence-corrected chi connectivity index (χ4v) is 3.09. The summed E-state index contributed by atoms with van der Waals surface area (Å²) in [6.07, 6.45) is 0. The van der Waals surface area contributed by atoms with Crippen LogP contribution in [0.5, 0.6) is 17.2 Å². The van der Waals surface area contributed by atoms with Crippen LogP contribution in [0.1, 0.15) is 5.76 Å². The number of nitrogens with two attached hydrogens (primary N) is 1. The molecule has 6 nitrogen and oxygen atoms in total. The average molecular weight is 401 g/mol. The van der Waals surface area contributed by atoms with Gasteiger partial charge in [0.05, 0.1) is 5.39 Å². The van der Waals surface area contributed by atoms with Crippen LogP contribution in [0.3, 0.4) is 0 Å². The van der Waals surface area contributed by atoms with Gasteiger partial charge in [0.1, 0.15) is 22.8 Å². The molecule has 2 N–H and O–H groups in total. The molecule has 30 heavy (non-hydrogen) atoms. The van der Waals surface area contributed by atoms with Crippen molar-refractivity contribution in [2.75, 3.05) is 6.61 Å². The molecule has 1 heterocycles. The molecular formula is C24H19NO5. The van der Waals surface area contributed by atoms with Crippen molar-refractivity contribution in [3.63, 3.8) is 0 Å². The van der Waals surface area contributed by atoms with Gasteiger partial charge in [-0.3, -0.25) is 9.59 Å². The summed E-state index contributed by atoms with van der Waals surface area (Å²) in [4.78, 5) is 23.8. The Labute approximate surface area is 172 Å². The molecule has 0 bridgehead atoms. The molecule has 6 heteroatoms. The van der Waals surface area contributed by atoms with Gasteiger partial charge in [-0.2, -0.15) is 0 Å². The number of primary amides is 1. The van der Waals surface area contributed by atoms with Crippen molar-refractivity contribution >= 4 is 16.9 Å². The Morgan fingerprint density at radius 1 is 0.933 bits per heavy atom. The Bertz CT molecular complexity index is 1260. The molecule has 1 amide bonds. The van der Waals surface area contributed by atoms with Gasteiger partial charge in [0.2, 0.25) is 11.2 Å². The highest BCUT2D eigenvalue weighted by atomic mass is 16.5. The van der Waals surface area contributed by atoms with Crippen LogP contribution in [0.15, 0.2) is 82.0 Å².